The quantitative estimate of drug-likeness (QED) is 0.824. The highest BCUT2D eigenvalue weighted by Crippen LogP contribution is 2.19. The predicted molar refractivity (Wildman–Crippen MR) is 67.0 cm³/mol. The van der Waals surface area contributed by atoms with E-state index >= 15 is 0 Å². The summed E-state index contributed by atoms with van der Waals surface area (Å²) in [6, 6.07) is 5.77. The van der Waals surface area contributed by atoms with Crippen molar-refractivity contribution in [3.8, 4) is 0 Å². The van der Waals surface area contributed by atoms with E-state index in [4.69, 9.17) is 5.11 Å². The number of aromatic nitrogens is 3. The van der Waals surface area contributed by atoms with Crippen molar-refractivity contribution in [3.05, 3.63) is 24.4 Å². The number of nitrogens with zero attached hydrogens (tertiary/aromatic N) is 3. The van der Waals surface area contributed by atoms with Gasteiger partial charge in [-0.3, -0.25) is 0 Å². The molecule has 92 valence electrons. The molecule has 0 saturated carbocycles. The summed E-state index contributed by atoms with van der Waals surface area (Å²) in [6.45, 7) is 5.15. The zero-order chi connectivity index (χ0) is 12.3. The van der Waals surface area contributed by atoms with Crippen LogP contribution in [-0.2, 0) is 0 Å². The number of hydrogen-bond donors (Lipinski definition) is 2. The van der Waals surface area contributed by atoms with Gasteiger partial charge in [-0.25, -0.2) is 4.52 Å². The standard InChI is InChI=1S/C12H18N4O/c1-12(2,6-8-17)9-13-11-14-10-5-3-4-7-16(10)15-11/h3-5,7,17H,6,8-9H2,1-2H3,(H,13,15). The van der Waals surface area contributed by atoms with Gasteiger partial charge in [-0.2, -0.15) is 4.98 Å². The van der Waals surface area contributed by atoms with Gasteiger partial charge in [-0.15, -0.1) is 5.10 Å². The van der Waals surface area contributed by atoms with Gasteiger partial charge in [-0.05, 0) is 24.0 Å². The van der Waals surface area contributed by atoms with E-state index < -0.39 is 0 Å². The van der Waals surface area contributed by atoms with Crippen LogP contribution < -0.4 is 5.32 Å². The van der Waals surface area contributed by atoms with Gasteiger partial charge >= 0.3 is 0 Å². The Morgan fingerprint density at radius 2 is 2.24 bits per heavy atom. The van der Waals surface area contributed by atoms with Gasteiger partial charge in [0.1, 0.15) is 0 Å². The minimum Gasteiger partial charge on any atom is -0.396 e. The van der Waals surface area contributed by atoms with Gasteiger partial charge in [0.15, 0.2) is 5.65 Å². The molecule has 0 atom stereocenters. The number of fused-ring (bicyclic) bond motifs is 1. The molecule has 17 heavy (non-hydrogen) atoms. The molecule has 5 heteroatoms. The number of pyridine rings is 1. The van der Waals surface area contributed by atoms with Gasteiger partial charge in [0.05, 0.1) is 0 Å². The molecule has 2 N–H and O–H groups in total. The van der Waals surface area contributed by atoms with Crippen molar-refractivity contribution in [2.75, 3.05) is 18.5 Å². The minimum atomic E-state index is 0.0340. The second-order valence-electron chi connectivity index (χ2n) is 4.93. The molecule has 0 spiro atoms. The van der Waals surface area contributed by atoms with Crippen LogP contribution in [0.25, 0.3) is 5.65 Å². The number of aliphatic hydroxyl groups is 1. The normalized spacial score (nSPS) is 11.9. The van der Waals surface area contributed by atoms with Crippen LogP contribution in [0, 0.1) is 5.41 Å². The molecule has 2 heterocycles. The molecule has 5 nitrogen and oxygen atoms in total. The van der Waals surface area contributed by atoms with Gasteiger partial charge in [0.2, 0.25) is 5.95 Å². The fourth-order valence-electron chi connectivity index (χ4n) is 1.62. The monoisotopic (exact) mass is 234 g/mol. The first-order valence-corrected chi connectivity index (χ1v) is 5.77. The van der Waals surface area contributed by atoms with E-state index in [-0.39, 0.29) is 12.0 Å². The van der Waals surface area contributed by atoms with E-state index in [1.165, 1.54) is 0 Å². The molecule has 0 radical (unpaired) electrons. The van der Waals surface area contributed by atoms with Crippen LogP contribution in [-0.4, -0.2) is 32.9 Å². The third kappa shape index (κ3) is 2.94. The Hall–Kier alpha value is -1.62. The molecule has 0 aromatic carbocycles. The maximum absolute atomic E-state index is 8.95. The van der Waals surface area contributed by atoms with Crippen LogP contribution in [0.15, 0.2) is 24.4 Å². The van der Waals surface area contributed by atoms with E-state index in [9.17, 15) is 0 Å². The zero-order valence-electron chi connectivity index (χ0n) is 10.2. The fraction of sp³-hybridized carbons (Fsp3) is 0.500. The lowest BCUT2D eigenvalue weighted by Crippen LogP contribution is -2.24. The topological polar surface area (TPSA) is 62.5 Å². The molecule has 0 unspecified atom stereocenters. The highest BCUT2D eigenvalue weighted by Gasteiger charge is 2.17. The average Bonchev–Trinajstić information content (AvgIpc) is 2.69. The van der Waals surface area contributed by atoms with Crippen molar-refractivity contribution >= 4 is 11.6 Å². The van der Waals surface area contributed by atoms with Crippen molar-refractivity contribution < 1.29 is 5.11 Å². The van der Waals surface area contributed by atoms with Crippen molar-refractivity contribution in [1.82, 2.24) is 14.6 Å². The summed E-state index contributed by atoms with van der Waals surface area (Å²) in [5.41, 5.74) is 0.863. The van der Waals surface area contributed by atoms with Crippen molar-refractivity contribution in [1.29, 1.82) is 0 Å². The van der Waals surface area contributed by atoms with Gasteiger partial charge in [0, 0.05) is 19.3 Å². The van der Waals surface area contributed by atoms with E-state index in [1.807, 2.05) is 24.4 Å². The molecule has 0 aliphatic heterocycles. The molecule has 0 amide bonds. The summed E-state index contributed by atoms with van der Waals surface area (Å²) in [7, 11) is 0. The second-order valence-corrected chi connectivity index (χ2v) is 4.93. The third-order valence-electron chi connectivity index (χ3n) is 2.75. The molecule has 0 bridgehead atoms. The van der Waals surface area contributed by atoms with Crippen molar-refractivity contribution in [2.24, 2.45) is 5.41 Å². The number of nitrogens with one attached hydrogen (secondary N) is 1. The maximum Gasteiger partial charge on any atom is 0.243 e. The van der Waals surface area contributed by atoms with Crippen LogP contribution >= 0.6 is 0 Å². The largest absolute Gasteiger partial charge is 0.396 e. The number of anilines is 1. The first kappa shape index (κ1) is 11.9. The van der Waals surface area contributed by atoms with Crippen LogP contribution in [0.4, 0.5) is 5.95 Å². The van der Waals surface area contributed by atoms with E-state index in [0.29, 0.717) is 5.95 Å². The Morgan fingerprint density at radius 1 is 1.41 bits per heavy atom. The summed E-state index contributed by atoms with van der Waals surface area (Å²) in [4.78, 5) is 4.35. The summed E-state index contributed by atoms with van der Waals surface area (Å²) >= 11 is 0. The molecule has 0 aliphatic carbocycles. The van der Waals surface area contributed by atoms with Crippen LogP contribution in [0.1, 0.15) is 20.3 Å². The minimum absolute atomic E-state index is 0.0340. The SMILES string of the molecule is CC(C)(CCO)CNc1nc2ccccn2n1. The lowest BCUT2D eigenvalue weighted by Gasteiger charge is -2.23. The van der Waals surface area contributed by atoms with Crippen molar-refractivity contribution in [3.63, 3.8) is 0 Å². The number of rotatable bonds is 5. The lowest BCUT2D eigenvalue weighted by atomic mass is 9.90. The lowest BCUT2D eigenvalue weighted by molar-refractivity contribution is 0.220. The summed E-state index contributed by atoms with van der Waals surface area (Å²) in [5, 5.41) is 16.5. The highest BCUT2D eigenvalue weighted by molar-refractivity contribution is 5.42. The second kappa shape index (κ2) is 4.71. The van der Waals surface area contributed by atoms with E-state index in [0.717, 1.165) is 18.6 Å². The summed E-state index contributed by atoms with van der Waals surface area (Å²) in [6.07, 6.45) is 2.62. The molecule has 2 aromatic heterocycles. The van der Waals surface area contributed by atoms with Gasteiger partial charge < -0.3 is 10.4 Å². The Kier molecular flexibility index (Phi) is 3.28. The smallest absolute Gasteiger partial charge is 0.243 e. The molecule has 2 rings (SSSR count). The first-order chi connectivity index (χ1) is 8.11. The van der Waals surface area contributed by atoms with Crippen LogP contribution in [0.2, 0.25) is 0 Å². The van der Waals surface area contributed by atoms with Gasteiger partial charge in [-0.1, -0.05) is 19.9 Å². The molecule has 0 aliphatic rings. The van der Waals surface area contributed by atoms with E-state index in [1.54, 1.807) is 4.52 Å². The average molecular weight is 234 g/mol. The Labute approximate surface area is 100 Å². The van der Waals surface area contributed by atoms with Crippen LogP contribution in [0.5, 0.6) is 0 Å². The molecule has 0 saturated heterocycles. The zero-order valence-corrected chi connectivity index (χ0v) is 10.2. The number of hydrogen-bond acceptors (Lipinski definition) is 4. The summed E-state index contributed by atoms with van der Waals surface area (Å²) < 4.78 is 1.74. The predicted octanol–water partition coefficient (Wildman–Crippen LogP) is 1.55. The van der Waals surface area contributed by atoms with Crippen LogP contribution in [0.3, 0.4) is 0 Å². The third-order valence-corrected chi connectivity index (χ3v) is 2.75. The van der Waals surface area contributed by atoms with Crippen molar-refractivity contribution in [2.45, 2.75) is 20.3 Å². The number of aliphatic hydroxyl groups excluding tert-OH is 1. The molecular weight excluding hydrogens is 216 g/mol. The van der Waals surface area contributed by atoms with Gasteiger partial charge in [0.25, 0.3) is 0 Å². The molecule has 2 aromatic rings. The molecule has 0 fully saturated rings. The first-order valence-electron chi connectivity index (χ1n) is 5.77. The Bertz CT molecular complexity index is 459. The maximum atomic E-state index is 8.95. The Balaban J connectivity index is 2.04. The highest BCUT2D eigenvalue weighted by atomic mass is 16.3. The van der Waals surface area contributed by atoms with E-state index in [2.05, 4.69) is 29.2 Å². The fourth-order valence-corrected chi connectivity index (χ4v) is 1.62. The summed E-state index contributed by atoms with van der Waals surface area (Å²) in [5.74, 6) is 0.627. The molecular formula is C12H18N4O. The Morgan fingerprint density at radius 3 is 2.94 bits per heavy atom.